The minimum Gasteiger partial charge on any atom is -0.354 e. The lowest BCUT2D eigenvalue weighted by atomic mass is 9.92. The fourth-order valence-electron chi connectivity index (χ4n) is 4.29. The van der Waals surface area contributed by atoms with E-state index in [9.17, 15) is 4.79 Å². The highest BCUT2D eigenvalue weighted by Gasteiger charge is 2.27. The molecule has 6 heteroatoms. The molecular weight excluding hydrogens is 338 g/mol. The molecule has 3 heterocycles. The van der Waals surface area contributed by atoms with E-state index in [-0.39, 0.29) is 0 Å². The zero-order valence-corrected chi connectivity index (χ0v) is 17.6. The van der Waals surface area contributed by atoms with Gasteiger partial charge in [0.15, 0.2) is 0 Å². The van der Waals surface area contributed by atoms with Crippen LogP contribution < -0.4 is 4.90 Å². The number of aromatic nitrogens is 2. The maximum Gasteiger partial charge on any atom is 0.236 e. The summed E-state index contributed by atoms with van der Waals surface area (Å²) in [7, 11) is 0. The normalized spacial score (nSPS) is 24.5. The van der Waals surface area contributed by atoms with Gasteiger partial charge < -0.3 is 9.80 Å². The van der Waals surface area contributed by atoms with Crippen LogP contribution in [0.1, 0.15) is 51.6 Å². The Morgan fingerprint density at radius 1 is 1.11 bits per heavy atom. The number of carbonyl (C=O) groups excluding carboxylic acids is 1. The molecule has 1 aromatic heterocycles. The van der Waals surface area contributed by atoms with Gasteiger partial charge in [0.25, 0.3) is 0 Å². The van der Waals surface area contributed by atoms with Gasteiger partial charge in [-0.05, 0) is 25.2 Å². The molecule has 2 atom stereocenters. The van der Waals surface area contributed by atoms with Crippen molar-refractivity contribution in [3.8, 4) is 0 Å². The number of hydrogen-bond donors (Lipinski definition) is 0. The monoisotopic (exact) mass is 373 g/mol. The van der Waals surface area contributed by atoms with Crippen molar-refractivity contribution in [2.75, 3.05) is 50.7 Å². The number of piperidine rings is 1. The van der Waals surface area contributed by atoms with Crippen molar-refractivity contribution in [1.82, 2.24) is 19.8 Å². The van der Waals surface area contributed by atoms with Gasteiger partial charge in [-0.15, -0.1) is 0 Å². The van der Waals surface area contributed by atoms with Gasteiger partial charge in [0.05, 0.1) is 6.54 Å². The minimum atomic E-state index is 0.293. The third kappa shape index (κ3) is 5.18. The van der Waals surface area contributed by atoms with Crippen molar-refractivity contribution in [3.63, 3.8) is 0 Å². The minimum absolute atomic E-state index is 0.293. The first kappa shape index (κ1) is 20.1. The first-order valence-corrected chi connectivity index (χ1v) is 10.4. The fourth-order valence-corrected chi connectivity index (χ4v) is 4.29. The topological polar surface area (TPSA) is 52.6 Å². The third-order valence-electron chi connectivity index (χ3n) is 5.65. The van der Waals surface area contributed by atoms with E-state index in [0.29, 0.717) is 30.2 Å². The molecule has 2 unspecified atom stereocenters. The summed E-state index contributed by atoms with van der Waals surface area (Å²) in [5, 5.41) is 0. The summed E-state index contributed by atoms with van der Waals surface area (Å²) < 4.78 is 0. The maximum atomic E-state index is 12.7. The molecule has 0 N–H and O–H groups in total. The molecule has 27 heavy (non-hydrogen) atoms. The van der Waals surface area contributed by atoms with Crippen LogP contribution in [0, 0.1) is 18.8 Å². The Hall–Kier alpha value is -1.69. The lowest BCUT2D eigenvalue weighted by molar-refractivity contribution is -0.135. The van der Waals surface area contributed by atoms with E-state index >= 15 is 0 Å². The summed E-state index contributed by atoms with van der Waals surface area (Å²) >= 11 is 0. The quantitative estimate of drug-likeness (QED) is 0.812. The molecule has 0 radical (unpaired) electrons. The van der Waals surface area contributed by atoms with E-state index in [2.05, 4.69) is 53.4 Å². The van der Waals surface area contributed by atoms with Crippen LogP contribution in [-0.2, 0) is 4.79 Å². The number of aryl methyl sites for hydroxylation is 1. The lowest BCUT2D eigenvalue weighted by Crippen LogP contribution is -2.52. The van der Waals surface area contributed by atoms with Crippen LogP contribution in [0.5, 0.6) is 0 Å². The van der Waals surface area contributed by atoms with Crippen LogP contribution in [0.3, 0.4) is 0 Å². The summed E-state index contributed by atoms with van der Waals surface area (Å²) in [6, 6.07) is 2.07. The molecule has 1 amide bonds. The number of likely N-dealkylation sites (tertiary alicyclic amines) is 1. The lowest BCUT2D eigenvalue weighted by Gasteiger charge is -2.38. The first-order valence-electron chi connectivity index (χ1n) is 10.4. The predicted octanol–water partition coefficient (Wildman–Crippen LogP) is 2.53. The molecule has 150 valence electrons. The van der Waals surface area contributed by atoms with Gasteiger partial charge >= 0.3 is 0 Å². The van der Waals surface area contributed by atoms with Gasteiger partial charge in [-0.1, -0.05) is 27.7 Å². The molecule has 2 fully saturated rings. The summed E-state index contributed by atoms with van der Waals surface area (Å²) in [5.74, 6) is 3.79. The van der Waals surface area contributed by atoms with E-state index < -0.39 is 0 Å². The summed E-state index contributed by atoms with van der Waals surface area (Å²) in [5.41, 5.74) is 1.02. The zero-order chi connectivity index (χ0) is 19.6. The second kappa shape index (κ2) is 8.55. The second-order valence-electron chi connectivity index (χ2n) is 8.89. The van der Waals surface area contributed by atoms with E-state index in [4.69, 9.17) is 4.98 Å². The van der Waals surface area contributed by atoms with Gasteiger partial charge in [-0.3, -0.25) is 9.69 Å². The van der Waals surface area contributed by atoms with Crippen molar-refractivity contribution >= 4 is 11.7 Å². The highest BCUT2D eigenvalue weighted by molar-refractivity contribution is 5.78. The average Bonchev–Trinajstić information content (AvgIpc) is 2.61. The highest BCUT2D eigenvalue weighted by atomic mass is 16.2. The molecule has 0 aliphatic carbocycles. The number of carbonyl (C=O) groups is 1. The third-order valence-corrected chi connectivity index (χ3v) is 5.65. The van der Waals surface area contributed by atoms with E-state index in [1.165, 1.54) is 6.42 Å². The molecule has 6 nitrogen and oxygen atoms in total. The van der Waals surface area contributed by atoms with Crippen molar-refractivity contribution in [3.05, 3.63) is 17.6 Å². The zero-order valence-electron chi connectivity index (χ0n) is 17.6. The molecule has 1 aromatic rings. The Kier molecular flexibility index (Phi) is 6.35. The maximum absolute atomic E-state index is 12.7. The molecule has 3 rings (SSSR count). The molecule has 0 spiro atoms. The van der Waals surface area contributed by atoms with Crippen molar-refractivity contribution < 1.29 is 4.79 Å². The molecule has 0 bridgehead atoms. The Labute approximate surface area is 164 Å². The number of piperazine rings is 1. The van der Waals surface area contributed by atoms with Gasteiger partial charge in [0, 0.05) is 56.9 Å². The average molecular weight is 374 g/mol. The van der Waals surface area contributed by atoms with Crippen molar-refractivity contribution in [2.45, 2.75) is 47.0 Å². The predicted molar refractivity (Wildman–Crippen MR) is 109 cm³/mol. The summed E-state index contributed by atoms with van der Waals surface area (Å²) in [6.07, 6.45) is 1.24. The van der Waals surface area contributed by atoms with Crippen LogP contribution in [-0.4, -0.2) is 71.5 Å². The smallest absolute Gasteiger partial charge is 0.236 e. The molecule has 0 aromatic carbocycles. The van der Waals surface area contributed by atoms with Crippen molar-refractivity contribution in [1.29, 1.82) is 0 Å². The number of nitrogens with zero attached hydrogens (tertiary/aromatic N) is 5. The highest BCUT2D eigenvalue weighted by Crippen LogP contribution is 2.22. The molecule has 2 aliphatic rings. The Morgan fingerprint density at radius 3 is 2.33 bits per heavy atom. The second-order valence-corrected chi connectivity index (χ2v) is 8.89. The standard InChI is InChI=1S/C21H35N5O/c1-15(2)21-22-18(5)11-19(23-21)25-8-6-24(7-9-25)14-20(27)26-12-16(3)10-17(4)13-26/h11,15-17H,6-10,12-14H2,1-5H3. The Bertz CT molecular complexity index is 644. The molecule has 0 saturated carbocycles. The number of amides is 1. The summed E-state index contributed by atoms with van der Waals surface area (Å²) in [6.45, 7) is 16.8. The van der Waals surface area contributed by atoms with Crippen LogP contribution in [0.4, 0.5) is 5.82 Å². The Balaban J connectivity index is 1.54. The van der Waals surface area contributed by atoms with Crippen LogP contribution in [0.15, 0.2) is 6.07 Å². The van der Waals surface area contributed by atoms with Gasteiger partial charge in [0.2, 0.25) is 5.91 Å². The van der Waals surface area contributed by atoms with Gasteiger partial charge in [-0.25, -0.2) is 9.97 Å². The number of hydrogen-bond acceptors (Lipinski definition) is 5. The van der Waals surface area contributed by atoms with E-state index in [1.54, 1.807) is 0 Å². The van der Waals surface area contributed by atoms with Gasteiger partial charge in [-0.2, -0.15) is 0 Å². The molecule has 2 aliphatic heterocycles. The van der Waals surface area contributed by atoms with E-state index in [1.807, 2.05) is 6.92 Å². The van der Waals surface area contributed by atoms with Crippen LogP contribution >= 0.6 is 0 Å². The first-order chi connectivity index (χ1) is 12.8. The fraction of sp³-hybridized carbons (Fsp3) is 0.762. The van der Waals surface area contributed by atoms with Crippen LogP contribution in [0.2, 0.25) is 0 Å². The largest absolute Gasteiger partial charge is 0.354 e. The van der Waals surface area contributed by atoms with Crippen LogP contribution in [0.25, 0.3) is 0 Å². The van der Waals surface area contributed by atoms with Crippen molar-refractivity contribution in [2.24, 2.45) is 11.8 Å². The number of rotatable bonds is 4. The number of anilines is 1. The summed E-state index contributed by atoms with van der Waals surface area (Å²) in [4.78, 5) is 28.7. The SMILES string of the molecule is Cc1cc(N2CCN(CC(=O)N3CC(C)CC(C)C3)CC2)nc(C(C)C)n1. The Morgan fingerprint density at radius 2 is 1.74 bits per heavy atom. The molecular formula is C21H35N5O. The van der Waals surface area contributed by atoms with E-state index in [0.717, 1.165) is 56.6 Å². The van der Waals surface area contributed by atoms with Gasteiger partial charge in [0.1, 0.15) is 11.6 Å². The molecule has 2 saturated heterocycles.